The van der Waals surface area contributed by atoms with E-state index in [0.717, 1.165) is 27.7 Å². The van der Waals surface area contributed by atoms with Gasteiger partial charge in [-0.3, -0.25) is 0 Å². The summed E-state index contributed by atoms with van der Waals surface area (Å²) < 4.78 is 14.1. The summed E-state index contributed by atoms with van der Waals surface area (Å²) >= 11 is 7.03. The smallest absolute Gasteiger partial charge is 0.123 e. The maximum Gasteiger partial charge on any atom is 0.123 e. The van der Waals surface area contributed by atoms with Crippen LogP contribution in [0.2, 0.25) is 0 Å². The molecular formula is C15H14Br2FN. The van der Waals surface area contributed by atoms with Gasteiger partial charge in [-0.15, -0.1) is 0 Å². The predicted octanol–water partition coefficient (Wildman–Crippen LogP) is 5.64. The van der Waals surface area contributed by atoms with Crippen molar-refractivity contribution in [2.75, 3.05) is 11.4 Å². The second-order valence-electron chi connectivity index (χ2n) is 4.13. The Labute approximate surface area is 129 Å². The van der Waals surface area contributed by atoms with Gasteiger partial charge < -0.3 is 4.90 Å². The molecule has 2 aromatic carbocycles. The van der Waals surface area contributed by atoms with E-state index in [4.69, 9.17) is 0 Å². The summed E-state index contributed by atoms with van der Waals surface area (Å²) in [6, 6.07) is 12.8. The van der Waals surface area contributed by atoms with E-state index < -0.39 is 0 Å². The first-order valence-electron chi connectivity index (χ1n) is 6.03. The van der Waals surface area contributed by atoms with Crippen LogP contribution >= 0.6 is 31.9 Å². The zero-order valence-electron chi connectivity index (χ0n) is 10.5. The second kappa shape index (κ2) is 6.53. The van der Waals surface area contributed by atoms with Crippen LogP contribution in [0.4, 0.5) is 15.8 Å². The van der Waals surface area contributed by atoms with Crippen molar-refractivity contribution in [3.05, 3.63) is 58.3 Å². The highest BCUT2D eigenvalue weighted by Crippen LogP contribution is 2.30. The lowest BCUT2D eigenvalue weighted by atomic mass is 10.2. The Morgan fingerprint density at radius 2 is 1.68 bits per heavy atom. The molecule has 19 heavy (non-hydrogen) atoms. The van der Waals surface area contributed by atoms with Crippen LogP contribution in [0.5, 0.6) is 0 Å². The summed E-state index contributed by atoms with van der Waals surface area (Å²) in [4.78, 5) is 2.14. The fourth-order valence-electron chi connectivity index (χ4n) is 1.95. The molecule has 0 unspecified atom stereocenters. The van der Waals surface area contributed by atoms with Crippen molar-refractivity contribution in [1.29, 1.82) is 0 Å². The zero-order chi connectivity index (χ0) is 13.8. The van der Waals surface area contributed by atoms with Gasteiger partial charge in [0.1, 0.15) is 5.82 Å². The summed E-state index contributed by atoms with van der Waals surface area (Å²) in [5.74, 6) is -0.212. The topological polar surface area (TPSA) is 3.24 Å². The molecule has 0 N–H and O–H groups in total. The van der Waals surface area contributed by atoms with Gasteiger partial charge in [0, 0.05) is 27.7 Å². The molecule has 0 aliphatic heterocycles. The molecule has 0 saturated carbocycles. The van der Waals surface area contributed by atoms with Crippen LogP contribution in [0, 0.1) is 5.82 Å². The Morgan fingerprint density at radius 3 is 2.21 bits per heavy atom. The summed E-state index contributed by atoms with van der Waals surface area (Å²) in [5.41, 5.74) is 3.28. The lowest BCUT2D eigenvalue weighted by molar-refractivity contribution is 0.628. The first-order chi connectivity index (χ1) is 9.15. The third-order valence-corrected chi connectivity index (χ3v) is 4.29. The molecule has 0 radical (unpaired) electrons. The average molecular weight is 387 g/mol. The van der Waals surface area contributed by atoms with Crippen molar-refractivity contribution < 1.29 is 4.39 Å². The number of nitrogens with zero attached hydrogens (tertiary/aromatic N) is 1. The minimum atomic E-state index is -0.212. The van der Waals surface area contributed by atoms with E-state index in [1.165, 1.54) is 17.7 Å². The maximum atomic E-state index is 13.0. The van der Waals surface area contributed by atoms with E-state index in [1.54, 1.807) is 12.1 Å². The van der Waals surface area contributed by atoms with Crippen molar-refractivity contribution in [3.63, 3.8) is 0 Å². The minimum absolute atomic E-state index is 0.212. The molecule has 2 aromatic rings. The third kappa shape index (κ3) is 3.37. The number of hydrogen-bond acceptors (Lipinski definition) is 1. The Kier molecular flexibility index (Phi) is 4.99. The van der Waals surface area contributed by atoms with Gasteiger partial charge >= 0.3 is 0 Å². The fraction of sp³-hybridized carbons (Fsp3) is 0.200. The zero-order valence-corrected chi connectivity index (χ0v) is 13.7. The number of anilines is 2. The summed E-state index contributed by atoms with van der Waals surface area (Å²) in [6.45, 7) is 2.90. The largest absolute Gasteiger partial charge is 0.342 e. The molecule has 0 atom stereocenters. The molecule has 0 aliphatic rings. The predicted molar refractivity (Wildman–Crippen MR) is 85.9 cm³/mol. The molecule has 0 aliphatic carbocycles. The number of rotatable bonds is 4. The molecule has 0 bridgehead atoms. The van der Waals surface area contributed by atoms with E-state index in [2.05, 4.69) is 61.9 Å². The highest BCUT2D eigenvalue weighted by molar-refractivity contribution is 9.10. The molecule has 0 saturated heterocycles. The SMILES string of the molecule is CCN(c1ccc(F)cc1)c1ccc(CBr)c(Br)c1. The van der Waals surface area contributed by atoms with E-state index in [-0.39, 0.29) is 5.82 Å². The van der Waals surface area contributed by atoms with Gasteiger partial charge in [0.05, 0.1) is 0 Å². The quantitative estimate of drug-likeness (QED) is 0.614. The third-order valence-electron chi connectivity index (χ3n) is 2.95. The summed E-state index contributed by atoms with van der Waals surface area (Å²) in [7, 11) is 0. The first kappa shape index (κ1) is 14.5. The highest BCUT2D eigenvalue weighted by atomic mass is 79.9. The molecule has 4 heteroatoms. The van der Waals surface area contributed by atoms with E-state index >= 15 is 0 Å². The Balaban J connectivity index is 2.36. The van der Waals surface area contributed by atoms with Crippen molar-refractivity contribution in [3.8, 4) is 0 Å². The molecule has 0 fully saturated rings. The van der Waals surface area contributed by atoms with Gasteiger partial charge in [-0.25, -0.2) is 4.39 Å². The van der Waals surface area contributed by atoms with Crippen LogP contribution in [0.15, 0.2) is 46.9 Å². The summed E-state index contributed by atoms with van der Waals surface area (Å²) in [6.07, 6.45) is 0. The van der Waals surface area contributed by atoms with Crippen LogP contribution < -0.4 is 4.90 Å². The molecule has 1 nitrogen and oxygen atoms in total. The van der Waals surface area contributed by atoms with Crippen molar-refractivity contribution in [2.24, 2.45) is 0 Å². The lowest BCUT2D eigenvalue weighted by Crippen LogP contribution is -2.16. The van der Waals surface area contributed by atoms with Crippen molar-refractivity contribution in [2.45, 2.75) is 12.3 Å². The van der Waals surface area contributed by atoms with Crippen LogP contribution in [-0.4, -0.2) is 6.54 Å². The molecule has 100 valence electrons. The molecular weight excluding hydrogens is 373 g/mol. The molecule has 2 rings (SSSR count). The van der Waals surface area contributed by atoms with Gasteiger partial charge in [-0.2, -0.15) is 0 Å². The van der Waals surface area contributed by atoms with Crippen molar-refractivity contribution in [1.82, 2.24) is 0 Å². The van der Waals surface area contributed by atoms with Crippen LogP contribution in [-0.2, 0) is 5.33 Å². The van der Waals surface area contributed by atoms with Gasteiger partial charge in [-0.1, -0.05) is 37.9 Å². The fourth-order valence-corrected chi connectivity index (χ4v) is 3.32. The summed E-state index contributed by atoms with van der Waals surface area (Å²) in [5, 5.41) is 0.816. The van der Waals surface area contributed by atoms with Gasteiger partial charge in [0.2, 0.25) is 0 Å². The van der Waals surface area contributed by atoms with Gasteiger partial charge in [0.25, 0.3) is 0 Å². The minimum Gasteiger partial charge on any atom is -0.342 e. The molecule has 0 aromatic heterocycles. The van der Waals surface area contributed by atoms with E-state index in [0.29, 0.717) is 0 Å². The van der Waals surface area contributed by atoms with Gasteiger partial charge in [-0.05, 0) is 48.9 Å². The number of alkyl halides is 1. The normalized spacial score (nSPS) is 10.5. The number of halogens is 3. The second-order valence-corrected chi connectivity index (χ2v) is 5.55. The highest BCUT2D eigenvalue weighted by Gasteiger charge is 2.09. The standard InChI is InChI=1S/C15H14Br2FN/c1-2-19(13-7-4-12(18)5-8-13)14-6-3-11(10-16)15(17)9-14/h3-9H,2,10H2,1H3. The van der Waals surface area contributed by atoms with Gasteiger partial charge in [0.15, 0.2) is 0 Å². The Hall–Kier alpha value is -0.870. The van der Waals surface area contributed by atoms with Crippen LogP contribution in [0.1, 0.15) is 12.5 Å². The number of hydrogen-bond donors (Lipinski definition) is 0. The van der Waals surface area contributed by atoms with Crippen LogP contribution in [0.3, 0.4) is 0 Å². The maximum absolute atomic E-state index is 13.0. The monoisotopic (exact) mass is 385 g/mol. The Bertz CT molecular complexity index is 555. The molecule has 0 spiro atoms. The van der Waals surface area contributed by atoms with Crippen molar-refractivity contribution >= 4 is 43.2 Å². The van der Waals surface area contributed by atoms with E-state index in [1.807, 2.05) is 0 Å². The average Bonchev–Trinajstić information content (AvgIpc) is 2.42. The number of benzene rings is 2. The molecule has 0 heterocycles. The van der Waals surface area contributed by atoms with E-state index in [9.17, 15) is 4.39 Å². The van der Waals surface area contributed by atoms with Crippen LogP contribution in [0.25, 0.3) is 0 Å². The lowest BCUT2D eigenvalue weighted by Gasteiger charge is -2.24. The first-order valence-corrected chi connectivity index (χ1v) is 7.94. The molecule has 0 amide bonds. The Morgan fingerprint density at radius 1 is 1.05 bits per heavy atom.